The summed E-state index contributed by atoms with van der Waals surface area (Å²) in [5.41, 5.74) is 2.63. The van der Waals surface area contributed by atoms with E-state index in [0.29, 0.717) is 0 Å². The van der Waals surface area contributed by atoms with E-state index in [0.717, 1.165) is 12.8 Å². The van der Waals surface area contributed by atoms with Gasteiger partial charge in [0.25, 0.3) is 0 Å². The van der Waals surface area contributed by atoms with Crippen molar-refractivity contribution in [2.24, 2.45) is 0 Å². The predicted octanol–water partition coefficient (Wildman–Crippen LogP) is 2.67. The molecule has 0 atom stereocenters. The molecule has 0 aromatic carbocycles. The van der Waals surface area contributed by atoms with Crippen LogP contribution in [-0.4, -0.2) is 11.7 Å². The van der Waals surface area contributed by atoms with Gasteiger partial charge in [0, 0.05) is 44.1 Å². The molecule has 0 rings (SSSR count). The third-order valence-corrected chi connectivity index (χ3v) is 1.53. The van der Waals surface area contributed by atoms with E-state index in [9.17, 15) is 0 Å². The van der Waals surface area contributed by atoms with Gasteiger partial charge in [0.15, 0.2) is 0 Å². The van der Waals surface area contributed by atoms with Gasteiger partial charge >= 0.3 is 0 Å². The van der Waals surface area contributed by atoms with Gasteiger partial charge in [-0.1, -0.05) is 23.3 Å². The maximum absolute atomic E-state index is 8.55. The fraction of sp³-hybridized carbons (Fsp3) is 0.600. The normalized spacial score (nSPS) is 10.5. The van der Waals surface area contributed by atoms with Gasteiger partial charge in [-0.2, -0.15) is 0 Å². The fourth-order valence-corrected chi connectivity index (χ4v) is 0.846. The van der Waals surface area contributed by atoms with E-state index in [2.05, 4.69) is 26.8 Å². The molecular formula is C10H18AcO. The summed E-state index contributed by atoms with van der Waals surface area (Å²) in [6.07, 6.45) is 6.23. The summed E-state index contributed by atoms with van der Waals surface area (Å²) in [4.78, 5) is 0. The van der Waals surface area contributed by atoms with Gasteiger partial charge in [-0.15, -0.1) is 0 Å². The van der Waals surface area contributed by atoms with Crippen molar-refractivity contribution in [1.82, 2.24) is 0 Å². The molecule has 0 aromatic rings. The molecule has 0 heterocycles. The zero-order valence-electron chi connectivity index (χ0n) is 8.30. The van der Waals surface area contributed by atoms with Crippen molar-refractivity contribution in [3.63, 3.8) is 0 Å². The second kappa shape index (κ2) is 9.97. The van der Waals surface area contributed by atoms with Crippen molar-refractivity contribution in [3.05, 3.63) is 23.3 Å². The first-order valence-corrected chi connectivity index (χ1v) is 4.06. The van der Waals surface area contributed by atoms with Crippen LogP contribution in [0.4, 0.5) is 0 Å². The Morgan fingerprint density at radius 2 is 1.75 bits per heavy atom. The van der Waals surface area contributed by atoms with Crippen LogP contribution in [0.3, 0.4) is 0 Å². The topological polar surface area (TPSA) is 20.2 Å². The average Bonchev–Trinajstić information content (AvgIpc) is 1.87. The van der Waals surface area contributed by atoms with Gasteiger partial charge in [-0.25, -0.2) is 0 Å². The molecule has 0 fully saturated rings. The third kappa shape index (κ3) is 10.9. The summed E-state index contributed by atoms with van der Waals surface area (Å²) in [5.74, 6) is 0. The van der Waals surface area contributed by atoms with E-state index in [1.54, 1.807) is 0 Å². The van der Waals surface area contributed by atoms with Crippen molar-refractivity contribution in [2.75, 3.05) is 6.61 Å². The van der Waals surface area contributed by atoms with Crippen molar-refractivity contribution >= 4 is 0 Å². The van der Waals surface area contributed by atoms with Crippen LogP contribution in [0, 0.1) is 44.1 Å². The van der Waals surface area contributed by atoms with Gasteiger partial charge in [0.05, 0.1) is 6.61 Å². The number of aliphatic hydroxyl groups excluding tert-OH is 1. The van der Waals surface area contributed by atoms with E-state index in [4.69, 9.17) is 5.11 Å². The molecular weight excluding hydrogens is 363 g/mol. The van der Waals surface area contributed by atoms with E-state index in [1.165, 1.54) is 11.1 Å². The molecule has 0 saturated carbocycles. The van der Waals surface area contributed by atoms with Crippen LogP contribution in [0.25, 0.3) is 0 Å². The Morgan fingerprint density at radius 1 is 1.17 bits per heavy atom. The molecule has 1 radical (unpaired) electrons. The number of aliphatic hydroxyl groups is 1. The van der Waals surface area contributed by atoms with Crippen LogP contribution in [0.15, 0.2) is 23.3 Å². The Morgan fingerprint density at radius 3 is 2.17 bits per heavy atom. The minimum absolute atomic E-state index is 0. The SMILES string of the molecule is CC(C)=CCC/C(C)=C/CO.[Ac]. The van der Waals surface area contributed by atoms with Crippen molar-refractivity contribution in [1.29, 1.82) is 0 Å². The quantitative estimate of drug-likeness (QED) is 0.743. The van der Waals surface area contributed by atoms with Crippen LogP contribution >= 0.6 is 0 Å². The molecule has 0 amide bonds. The average molecular weight is 381 g/mol. The second-order valence-electron chi connectivity index (χ2n) is 3.05. The second-order valence-corrected chi connectivity index (χ2v) is 3.05. The van der Waals surface area contributed by atoms with E-state index in [1.807, 2.05) is 6.08 Å². The molecule has 0 aromatic heterocycles. The van der Waals surface area contributed by atoms with Gasteiger partial charge in [0.1, 0.15) is 0 Å². The van der Waals surface area contributed by atoms with E-state index >= 15 is 0 Å². The molecule has 0 aliphatic carbocycles. The Labute approximate surface area is 111 Å². The molecule has 0 aliphatic rings. The molecule has 1 N–H and O–H groups in total. The minimum Gasteiger partial charge on any atom is -0.392 e. The molecule has 0 spiro atoms. The monoisotopic (exact) mass is 381 g/mol. The first kappa shape index (κ1) is 15.4. The summed E-state index contributed by atoms with van der Waals surface area (Å²) < 4.78 is 0. The molecule has 0 bridgehead atoms. The number of hydrogen-bond donors (Lipinski definition) is 1. The van der Waals surface area contributed by atoms with E-state index < -0.39 is 0 Å². The van der Waals surface area contributed by atoms with Crippen LogP contribution in [0.5, 0.6) is 0 Å². The maximum atomic E-state index is 8.55. The van der Waals surface area contributed by atoms with Crippen molar-refractivity contribution in [3.8, 4) is 0 Å². The minimum atomic E-state index is 0. The van der Waals surface area contributed by atoms with Gasteiger partial charge in [-0.3, -0.25) is 0 Å². The molecule has 0 aliphatic heterocycles. The van der Waals surface area contributed by atoms with Crippen molar-refractivity contribution in [2.45, 2.75) is 33.6 Å². The standard InChI is InChI=1S/C10H18O.Ac/c1-9(2)5-4-6-10(3)7-8-11;/h5,7,11H,4,6,8H2,1-3H3;/b10-7+;. The summed E-state index contributed by atoms with van der Waals surface area (Å²) in [6, 6.07) is 0. The molecule has 2 heteroatoms. The van der Waals surface area contributed by atoms with Crippen molar-refractivity contribution < 1.29 is 49.2 Å². The Bertz CT molecular complexity index is 155. The Balaban J connectivity index is 0. The first-order valence-electron chi connectivity index (χ1n) is 4.06. The van der Waals surface area contributed by atoms with E-state index in [-0.39, 0.29) is 50.7 Å². The molecule has 12 heavy (non-hydrogen) atoms. The number of rotatable bonds is 4. The molecule has 0 saturated heterocycles. The van der Waals surface area contributed by atoms with Gasteiger partial charge < -0.3 is 5.11 Å². The van der Waals surface area contributed by atoms with Gasteiger partial charge in [-0.05, 0) is 33.6 Å². The smallest absolute Gasteiger partial charge is 0.0614 e. The molecule has 0 unspecified atom stereocenters. The summed E-state index contributed by atoms with van der Waals surface area (Å²) in [5, 5.41) is 8.55. The summed E-state index contributed by atoms with van der Waals surface area (Å²) in [7, 11) is 0. The predicted molar refractivity (Wildman–Crippen MR) is 49.5 cm³/mol. The fourth-order valence-electron chi connectivity index (χ4n) is 0.846. The van der Waals surface area contributed by atoms with Crippen LogP contribution in [0.1, 0.15) is 33.6 Å². The van der Waals surface area contributed by atoms with Crippen LogP contribution in [-0.2, 0) is 0 Å². The summed E-state index contributed by atoms with van der Waals surface area (Å²) in [6.45, 7) is 6.42. The Hall–Kier alpha value is 0.882. The molecule has 67 valence electrons. The zero-order valence-corrected chi connectivity index (χ0v) is 13.0. The maximum Gasteiger partial charge on any atom is 0.0614 e. The number of hydrogen-bond acceptors (Lipinski definition) is 1. The number of allylic oxidation sites excluding steroid dienone is 3. The zero-order chi connectivity index (χ0) is 8.69. The Kier molecular flexibility index (Phi) is 12.8. The summed E-state index contributed by atoms with van der Waals surface area (Å²) >= 11 is 0. The van der Waals surface area contributed by atoms with Crippen LogP contribution < -0.4 is 0 Å². The molecule has 1 nitrogen and oxygen atoms in total. The first-order chi connectivity index (χ1) is 5.16. The van der Waals surface area contributed by atoms with Crippen LogP contribution in [0.2, 0.25) is 0 Å². The largest absolute Gasteiger partial charge is 0.392 e. The third-order valence-electron chi connectivity index (χ3n) is 1.53. The van der Waals surface area contributed by atoms with Gasteiger partial charge in [0.2, 0.25) is 0 Å².